The SMILES string of the molecule is CC(C)CC(C)C.O=NO. The average Bonchev–Trinajstić information content (AvgIpc) is 1.62. The van der Waals surface area contributed by atoms with Crippen LogP contribution in [-0.2, 0) is 0 Å². The van der Waals surface area contributed by atoms with Gasteiger partial charge < -0.3 is 5.21 Å². The first kappa shape index (κ1) is 12.1. The van der Waals surface area contributed by atoms with Crippen LogP contribution in [0.3, 0.4) is 0 Å². The predicted octanol–water partition coefficient (Wildman–Crippen LogP) is 2.83. The fourth-order valence-corrected chi connectivity index (χ4v) is 0.943. The van der Waals surface area contributed by atoms with E-state index in [9.17, 15) is 0 Å². The third-order valence-corrected chi connectivity index (χ3v) is 0.943. The number of rotatable bonds is 2. The van der Waals surface area contributed by atoms with E-state index < -0.39 is 0 Å². The second kappa shape index (κ2) is 8.40. The Bertz CT molecular complexity index is 66.0. The van der Waals surface area contributed by atoms with Gasteiger partial charge in [0.25, 0.3) is 0 Å². The molecule has 0 aliphatic rings. The lowest BCUT2D eigenvalue weighted by Gasteiger charge is -2.05. The summed E-state index contributed by atoms with van der Waals surface area (Å²) in [7, 11) is 0. The molecule has 0 radical (unpaired) electrons. The summed E-state index contributed by atoms with van der Waals surface area (Å²) in [6.45, 7) is 9.06. The third kappa shape index (κ3) is 26.2. The predicted molar refractivity (Wildman–Crippen MR) is 41.9 cm³/mol. The maximum Gasteiger partial charge on any atom is 0.152 e. The van der Waals surface area contributed by atoms with E-state index in [4.69, 9.17) is 10.1 Å². The fraction of sp³-hybridized carbons (Fsp3) is 1.00. The van der Waals surface area contributed by atoms with E-state index in [1.54, 1.807) is 0 Å². The molecule has 0 spiro atoms. The largest absolute Gasteiger partial charge is 0.379 e. The highest BCUT2D eigenvalue weighted by Gasteiger charge is 1.95. The van der Waals surface area contributed by atoms with Gasteiger partial charge in [-0.3, -0.25) is 0 Å². The van der Waals surface area contributed by atoms with E-state index in [1.807, 2.05) is 0 Å². The Hall–Kier alpha value is -0.600. The topological polar surface area (TPSA) is 49.7 Å². The molecule has 0 fully saturated rings. The maximum atomic E-state index is 8.11. The zero-order valence-electron chi connectivity index (χ0n) is 7.16. The van der Waals surface area contributed by atoms with E-state index in [2.05, 4.69) is 27.7 Å². The first-order valence-corrected chi connectivity index (χ1v) is 3.51. The maximum absolute atomic E-state index is 8.11. The Morgan fingerprint density at radius 1 is 1.20 bits per heavy atom. The number of nitrogens with zero attached hydrogens (tertiary/aromatic N) is 1. The van der Waals surface area contributed by atoms with Crippen LogP contribution in [0.2, 0.25) is 0 Å². The lowest BCUT2D eigenvalue weighted by atomic mass is 10.0. The van der Waals surface area contributed by atoms with Crippen LogP contribution in [0.15, 0.2) is 5.34 Å². The van der Waals surface area contributed by atoms with Crippen LogP contribution in [0.4, 0.5) is 0 Å². The number of hydrogen-bond acceptors (Lipinski definition) is 2. The van der Waals surface area contributed by atoms with Gasteiger partial charge in [0.1, 0.15) is 0 Å². The van der Waals surface area contributed by atoms with Gasteiger partial charge in [0.05, 0.1) is 0 Å². The van der Waals surface area contributed by atoms with E-state index in [0.29, 0.717) is 0 Å². The van der Waals surface area contributed by atoms with Crippen LogP contribution >= 0.6 is 0 Å². The lowest BCUT2D eigenvalue weighted by molar-refractivity contribution is 0.312. The molecule has 0 atom stereocenters. The Kier molecular flexibility index (Phi) is 10.2. The minimum atomic E-state index is 0.875. The van der Waals surface area contributed by atoms with Gasteiger partial charge in [-0.25, -0.2) is 0 Å². The van der Waals surface area contributed by atoms with Crippen LogP contribution in [-0.4, -0.2) is 5.21 Å². The first-order chi connectivity index (χ1) is 4.54. The minimum Gasteiger partial charge on any atom is -0.379 e. The quantitative estimate of drug-likeness (QED) is 0.482. The molecular weight excluding hydrogens is 130 g/mol. The van der Waals surface area contributed by atoms with E-state index >= 15 is 0 Å². The van der Waals surface area contributed by atoms with Crippen molar-refractivity contribution >= 4 is 0 Å². The van der Waals surface area contributed by atoms with Gasteiger partial charge in [-0.15, -0.1) is 4.91 Å². The van der Waals surface area contributed by atoms with Crippen molar-refractivity contribution in [3.05, 3.63) is 4.91 Å². The van der Waals surface area contributed by atoms with Gasteiger partial charge in [0.2, 0.25) is 0 Å². The summed E-state index contributed by atoms with van der Waals surface area (Å²) in [5.74, 6) is 1.75. The van der Waals surface area contributed by atoms with Crippen LogP contribution in [0.1, 0.15) is 34.1 Å². The Morgan fingerprint density at radius 3 is 1.40 bits per heavy atom. The molecule has 3 heteroatoms. The van der Waals surface area contributed by atoms with Crippen LogP contribution in [0.5, 0.6) is 0 Å². The molecule has 0 saturated carbocycles. The fourth-order valence-electron chi connectivity index (χ4n) is 0.943. The molecule has 0 heterocycles. The standard InChI is InChI=1S/C7H16.HNO2/c1-6(2)5-7(3)4;2-1-3/h6-7H,5H2,1-4H3;(H,2,3). The van der Waals surface area contributed by atoms with Crippen LogP contribution in [0.25, 0.3) is 0 Å². The third-order valence-electron chi connectivity index (χ3n) is 0.943. The second-order valence-electron chi connectivity index (χ2n) is 3.11. The summed E-state index contributed by atoms with van der Waals surface area (Å²) < 4.78 is 0. The molecule has 0 unspecified atom stereocenters. The molecule has 0 saturated heterocycles. The summed E-state index contributed by atoms with van der Waals surface area (Å²) in [5.41, 5.74) is 0. The molecule has 0 amide bonds. The van der Waals surface area contributed by atoms with E-state index in [1.165, 1.54) is 11.8 Å². The van der Waals surface area contributed by atoms with Crippen molar-refractivity contribution in [2.75, 3.05) is 0 Å². The van der Waals surface area contributed by atoms with E-state index in [0.717, 1.165) is 11.8 Å². The van der Waals surface area contributed by atoms with Crippen molar-refractivity contribution < 1.29 is 5.21 Å². The van der Waals surface area contributed by atoms with Crippen molar-refractivity contribution in [1.29, 1.82) is 0 Å². The smallest absolute Gasteiger partial charge is 0.152 e. The Labute approximate surface area is 62.4 Å². The molecule has 62 valence electrons. The summed E-state index contributed by atoms with van der Waals surface area (Å²) in [4.78, 5) is 8.11. The van der Waals surface area contributed by atoms with Gasteiger partial charge in [0, 0.05) is 0 Å². The first-order valence-electron chi connectivity index (χ1n) is 3.51. The van der Waals surface area contributed by atoms with Gasteiger partial charge in [-0.1, -0.05) is 27.7 Å². The van der Waals surface area contributed by atoms with Crippen molar-refractivity contribution in [2.24, 2.45) is 17.2 Å². The van der Waals surface area contributed by atoms with Crippen molar-refractivity contribution in [2.45, 2.75) is 34.1 Å². The van der Waals surface area contributed by atoms with Crippen LogP contribution in [0, 0.1) is 16.7 Å². The highest BCUT2D eigenvalue weighted by molar-refractivity contribution is 4.47. The van der Waals surface area contributed by atoms with Crippen molar-refractivity contribution in [3.63, 3.8) is 0 Å². The molecular formula is C7H17NO2. The molecule has 0 rings (SSSR count). The molecule has 1 N–H and O–H groups in total. The average molecular weight is 147 g/mol. The summed E-state index contributed by atoms with van der Waals surface area (Å²) >= 11 is 0. The number of hydrogen-bond donors (Lipinski definition) is 1. The molecule has 3 nitrogen and oxygen atoms in total. The van der Waals surface area contributed by atoms with Crippen molar-refractivity contribution in [1.82, 2.24) is 0 Å². The Balaban J connectivity index is 0. The highest BCUT2D eigenvalue weighted by Crippen LogP contribution is 2.08. The van der Waals surface area contributed by atoms with Gasteiger partial charge in [0.15, 0.2) is 5.34 Å². The second-order valence-corrected chi connectivity index (χ2v) is 3.11. The zero-order chi connectivity index (χ0) is 8.57. The molecule has 0 aromatic carbocycles. The normalized spacial score (nSPS) is 9.00. The van der Waals surface area contributed by atoms with Gasteiger partial charge in [-0.05, 0) is 18.3 Å². The summed E-state index contributed by atoms with van der Waals surface area (Å²) in [5, 5.41) is 7.89. The van der Waals surface area contributed by atoms with Crippen molar-refractivity contribution in [3.8, 4) is 0 Å². The molecule has 0 bridgehead atoms. The molecule has 0 aromatic rings. The van der Waals surface area contributed by atoms with Gasteiger partial charge in [-0.2, -0.15) is 0 Å². The molecule has 10 heavy (non-hydrogen) atoms. The monoisotopic (exact) mass is 147 g/mol. The Morgan fingerprint density at radius 2 is 1.40 bits per heavy atom. The lowest BCUT2D eigenvalue weighted by Crippen LogP contribution is -1.93. The van der Waals surface area contributed by atoms with Gasteiger partial charge >= 0.3 is 0 Å². The zero-order valence-corrected chi connectivity index (χ0v) is 7.16. The molecule has 0 aromatic heterocycles. The summed E-state index contributed by atoms with van der Waals surface area (Å²) in [6.07, 6.45) is 1.36. The minimum absolute atomic E-state index is 0.875. The molecule has 0 aliphatic carbocycles. The van der Waals surface area contributed by atoms with Crippen LogP contribution < -0.4 is 0 Å². The molecule has 0 aliphatic heterocycles. The summed E-state index contributed by atoms with van der Waals surface area (Å²) in [6, 6.07) is 0. The van der Waals surface area contributed by atoms with E-state index in [-0.39, 0.29) is 0 Å². The highest BCUT2D eigenvalue weighted by atomic mass is 16.6.